The highest BCUT2D eigenvalue weighted by atomic mass is 16.5. The molecule has 1 saturated heterocycles. The molecule has 1 fully saturated rings. The van der Waals surface area contributed by atoms with Crippen LogP contribution in [0.5, 0.6) is 5.75 Å². The molecule has 0 saturated carbocycles. The number of H-pyrrole nitrogens is 1. The zero-order valence-electron chi connectivity index (χ0n) is 13.3. The van der Waals surface area contributed by atoms with Gasteiger partial charge in [0.1, 0.15) is 23.7 Å². The lowest BCUT2D eigenvalue weighted by Gasteiger charge is -2.33. The fraction of sp³-hybridized carbons (Fsp3) is 0.263. The van der Waals surface area contributed by atoms with Gasteiger partial charge in [0.25, 0.3) is 0 Å². The molecule has 5 heteroatoms. The van der Waals surface area contributed by atoms with Crippen LogP contribution in [0.1, 0.15) is 18.4 Å². The van der Waals surface area contributed by atoms with Crippen molar-refractivity contribution < 1.29 is 4.74 Å². The first kappa shape index (κ1) is 14.6. The molecule has 3 aromatic rings. The Bertz CT molecular complexity index is 888. The number of nitrogens with one attached hydrogen (secondary N) is 1. The first-order valence-corrected chi connectivity index (χ1v) is 8.18. The summed E-state index contributed by atoms with van der Waals surface area (Å²) in [7, 11) is 0. The third-order valence-electron chi connectivity index (χ3n) is 4.50. The largest absolute Gasteiger partial charge is 0.490 e. The number of piperidine rings is 1. The molecule has 1 N–H and O–H groups in total. The highest BCUT2D eigenvalue weighted by Gasteiger charge is 2.23. The quantitative estimate of drug-likeness (QED) is 0.803. The zero-order valence-corrected chi connectivity index (χ0v) is 13.3. The molecule has 0 radical (unpaired) electrons. The number of ether oxygens (including phenoxy) is 1. The van der Waals surface area contributed by atoms with E-state index in [1.807, 2.05) is 30.5 Å². The number of aromatic nitrogens is 2. The van der Waals surface area contributed by atoms with Crippen LogP contribution >= 0.6 is 0 Å². The van der Waals surface area contributed by atoms with Crippen molar-refractivity contribution in [2.45, 2.75) is 18.9 Å². The van der Waals surface area contributed by atoms with Crippen molar-refractivity contribution in [3.8, 4) is 11.8 Å². The van der Waals surface area contributed by atoms with Crippen LogP contribution in [-0.2, 0) is 0 Å². The van der Waals surface area contributed by atoms with Crippen molar-refractivity contribution in [2.75, 3.05) is 18.0 Å². The highest BCUT2D eigenvalue weighted by Crippen LogP contribution is 2.28. The minimum absolute atomic E-state index is 0.191. The Kier molecular flexibility index (Phi) is 3.80. The highest BCUT2D eigenvalue weighted by molar-refractivity contribution is 5.85. The van der Waals surface area contributed by atoms with E-state index in [2.05, 4.69) is 27.0 Å². The summed E-state index contributed by atoms with van der Waals surface area (Å²) in [6.45, 7) is 1.69. The number of pyridine rings is 1. The number of hydrogen-bond acceptors (Lipinski definition) is 4. The van der Waals surface area contributed by atoms with Gasteiger partial charge in [0, 0.05) is 49.2 Å². The third-order valence-corrected chi connectivity index (χ3v) is 4.50. The number of fused-ring (bicyclic) bond motifs is 1. The molecule has 0 bridgehead atoms. The molecule has 120 valence electrons. The van der Waals surface area contributed by atoms with E-state index >= 15 is 0 Å². The van der Waals surface area contributed by atoms with Crippen LogP contribution in [0.4, 0.5) is 5.82 Å². The topological polar surface area (TPSA) is 64.9 Å². The zero-order chi connectivity index (χ0) is 16.4. The lowest BCUT2D eigenvalue weighted by atomic mass is 10.1. The number of aromatic amines is 1. The van der Waals surface area contributed by atoms with Crippen LogP contribution in [0, 0.1) is 11.3 Å². The number of rotatable bonds is 3. The van der Waals surface area contributed by atoms with Gasteiger partial charge in [-0.15, -0.1) is 0 Å². The van der Waals surface area contributed by atoms with E-state index in [1.54, 1.807) is 12.3 Å². The van der Waals surface area contributed by atoms with E-state index in [0.29, 0.717) is 5.56 Å². The maximum absolute atomic E-state index is 9.23. The van der Waals surface area contributed by atoms with E-state index in [0.717, 1.165) is 48.4 Å². The second-order valence-corrected chi connectivity index (χ2v) is 5.99. The van der Waals surface area contributed by atoms with Gasteiger partial charge in [-0.1, -0.05) is 6.07 Å². The Morgan fingerprint density at radius 3 is 2.88 bits per heavy atom. The lowest BCUT2D eigenvalue weighted by molar-refractivity contribution is 0.173. The molecular weight excluding hydrogens is 300 g/mol. The van der Waals surface area contributed by atoms with E-state index in [4.69, 9.17) is 4.74 Å². The summed E-state index contributed by atoms with van der Waals surface area (Å²) in [5.41, 5.74) is 1.73. The minimum Gasteiger partial charge on any atom is -0.490 e. The molecular formula is C19H18N4O. The summed E-state index contributed by atoms with van der Waals surface area (Å²) in [6.07, 6.45) is 5.71. The second-order valence-electron chi connectivity index (χ2n) is 5.99. The maximum atomic E-state index is 9.23. The van der Waals surface area contributed by atoms with Gasteiger partial charge in [-0.2, -0.15) is 5.26 Å². The van der Waals surface area contributed by atoms with Gasteiger partial charge in [0.05, 0.1) is 5.56 Å². The molecule has 0 amide bonds. The molecule has 2 aromatic heterocycles. The summed E-state index contributed by atoms with van der Waals surface area (Å²) >= 11 is 0. The van der Waals surface area contributed by atoms with Crippen molar-refractivity contribution in [3.63, 3.8) is 0 Å². The van der Waals surface area contributed by atoms with Crippen molar-refractivity contribution in [2.24, 2.45) is 0 Å². The molecule has 3 heterocycles. The molecule has 24 heavy (non-hydrogen) atoms. The molecule has 5 nitrogen and oxygen atoms in total. The Hall–Kier alpha value is -3.00. The van der Waals surface area contributed by atoms with Crippen LogP contribution in [0.3, 0.4) is 0 Å². The van der Waals surface area contributed by atoms with Gasteiger partial charge in [0.15, 0.2) is 0 Å². The average molecular weight is 318 g/mol. The predicted octanol–water partition coefficient (Wildman–Crippen LogP) is 3.48. The summed E-state index contributed by atoms with van der Waals surface area (Å²) in [5, 5.41) is 10.4. The van der Waals surface area contributed by atoms with E-state index in [1.165, 1.54) is 0 Å². The average Bonchev–Trinajstić information content (AvgIpc) is 3.12. The van der Waals surface area contributed by atoms with Gasteiger partial charge >= 0.3 is 0 Å². The van der Waals surface area contributed by atoms with Crippen LogP contribution in [-0.4, -0.2) is 29.2 Å². The molecule has 0 atom stereocenters. The van der Waals surface area contributed by atoms with Crippen molar-refractivity contribution in [1.29, 1.82) is 5.26 Å². The minimum atomic E-state index is 0.191. The Labute approximate surface area is 140 Å². The van der Waals surface area contributed by atoms with Crippen molar-refractivity contribution in [3.05, 3.63) is 54.4 Å². The van der Waals surface area contributed by atoms with Crippen LogP contribution in [0.15, 0.2) is 48.8 Å². The standard InChI is InChI=1S/C19H18N4O/c20-13-14-3-2-9-22-19(14)23-11-7-15(8-12-23)24-18-5-1-4-17-16(18)6-10-21-17/h1-6,9-10,15,21H,7-8,11-12H2. The molecule has 1 aliphatic rings. The summed E-state index contributed by atoms with van der Waals surface area (Å²) < 4.78 is 6.24. The van der Waals surface area contributed by atoms with E-state index < -0.39 is 0 Å². The van der Waals surface area contributed by atoms with Crippen LogP contribution < -0.4 is 9.64 Å². The lowest BCUT2D eigenvalue weighted by Crippen LogP contribution is -2.39. The number of benzene rings is 1. The van der Waals surface area contributed by atoms with Gasteiger partial charge in [-0.25, -0.2) is 4.98 Å². The van der Waals surface area contributed by atoms with E-state index in [-0.39, 0.29) is 6.10 Å². The molecule has 0 unspecified atom stereocenters. The first-order chi connectivity index (χ1) is 11.8. The molecule has 0 aliphatic carbocycles. The second kappa shape index (κ2) is 6.25. The normalized spacial score (nSPS) is 15.4. The fourth-order valence-corrected chi connectivity index (χ4v) is 3.26. The Balaban J connectivity index is 1.45. The number of anilines is 1. The molecule has 1 aromatic carbocycles. The SMILES string of the molecule is N#Cc1cccnc1N1CCC(Oc2cccc3[nH]ccc23)CC1. The van der Waals surface area contributed by atoms with E-state index in [9.17, 15) is 5.26 Å². The summed E-state index contributed by atoms with van der Waals surface area (Å²) in [5.74, 6) is 1.72. The number of nitriles is 1. The predicted molar refractivity (Wildman–Crippen MR) is 93.1 cm³/mol. The molecule has 1 aliphatic heterocycles. The number of nitrogens with zero attached hydrogens (tertiary/aromatic N) is 3. The third kappa shape index (κ3) is 2.67. The van der Waals surface area contributed by atoms with Gasteiger partial charge in [0.2, 0.25) is 0 Å². The summed E-state index contributed by atoms with van der Waals surface area (Å²) in [4.78, 5) is 9.76. The number of hydrogen-bond donors (Lipinski definition) is 1. The Morgan fingerprint density at radius 2 is 2.04 bits per heavy atom. The molecule has 0 spiro atoms. The van der Waals surface area contributed by atoms with Crippen molar-refractivity contribution >= 4 is 16.7 Å². The summed E-state index contributed by atoms with van der Waals surface area (Å²) in [6, 6.07) is 14.0. The first-order valence-electron chi connectivity index (χ1n) is 8.18. The Morgan fingerprint density at radius 1 is 1.17 bits per heavy atom. The van der Waals surface area contributed by atoms with Gasteiger partial charge in [-0.3, -0.25) is 0 Å². The monoisotopic (exact) mass is 318 g/mol. The van der Waals surface area contributed by atoms with Crippen LogP contribution in [0.2, 0.25) is 0 Å². The molecule has 4 rings (SSSR count). The van der Waals surface area contributed by atoms with Gasteiger partial charge in [-0.05, 0) is 30.3 Å². The smallest absolute Gasteiger partial charge is 0.146 e. The maximum Gasteiger partial charge on any atom is 0.146 e. The van der Waals surface area contributed by atoms with Crippen LogP contribution in [0.25, 0.3) is 10.9 Å². The fourth-order valence-electron chi connectivity index (χ4n) is 3.26. The van der Waals surface area contributed by atoms with Crippen molar-refractivity contribution in [1.82, 2.24) is 9.97 Å². The van der Waals surface area contributed by atoms with Gasteiger partial charge < -0.3 is 14.6 Å².